The van der Waals surface area contributed by atoms with Crippen LogP contribution in [0.15, 0.2) is 48.5 Å². The molecule has 1 saturated heterocycles. The lowest BCUT2D eigenvalue weighted by Crippen LogP contribution is -2.43. The molecule has 1 aliphatic rings. The van der Waals surface area contributed by atoms with Crippen LogP contribution in [-0.4, -0.2) is 49.8 Å². The number of carbonyl (C=O) groups excluding carboxylic acids is 1. The molecule has 0 bridgehead atoms. The van der Waals surface area contributed by atoms with Crippen LogP contribution in [0.1, 0.15) is 41.4 Å². The summed E-state index contributed by atoms with van der Waals surface area (Å²) in [7, 11) is 0. The maximum Gasteiger partial charge on any atom is 0.251 e. The molecule has 2 aromatic rings. The number of aryl methyl sites for hydroxylation is 1. The van der Waals surface area contributed by atoms with Gasteiger partial charge in [0.2, 0.25) is 0 Å². The average Bonchev–Trinajstić information content (AvgIpc) is 2.69. The molecule has 1 amide bonds. The molecule has 2 aromatic carbocycles. The van der Waals surface area contributed by atoms with Gasteiger partial charge in [0, 0.05) is 25.2 Å². The molecule has 0 unspecified atom stereocenters. The number of rotatable bonds is 7. The second-order valence-corrected chi connectivity index (χ2v) is 7.54. The third-order valence-electron chi connectivity index (χ3n) is 4.82. The molecule has 3 rings (SSSR count). The number of carbonyl (C=O) groups is 1. The van der Waals surface area contributed by atoms with Crippen LogP contribution in [0.5, 0.6) is 5.75 Å². The standard InChI is InChI=1S/C23H30N2O3/c1-17(2)28-21-10-8-20(9-11-21)23(26)24-22(16-25-12-14-27-15-13-25)19-6-4-18(3)5-7-19/h4-11,17,22H,12-16H2,1-3H3,(H,24,26)/t22-/m1/s1. The van der Waals surface area contributed by atoms with Crippen LogP contribution in [-0.2, 0) is 4.74 Å². The Morgan fingerprint density at radius 3 is 2.32 bits per heavy atom. The SMILES string of the molecule is Cc1ccc([C@@H](CN2CCOCC2)NC(=O)c2ccc(OC(C)C)cc2)cc1. The van der Waals surface area contributed by atoms with Crippen molar-refractivity contribution < 1.29 is 14.3 Å². The molecule has 0 saturated carbocycles. The van der Waals surface area contributed by atoms with Gasteiger partial charge in [-0.25, -0.2) is 0 Å². The molecule has 0 aliphatic carbocycles. The average molecular weight is 383 g/mol. The van der Waals surface area contributed by atoms with Crippen LogP contribution in [0.2, 0.25) is 0 Å². The molecule has 5 heteroatoms. The molecular weight excluding hydrogens is 352 g/mol. The lowest BCUT2D eigenvalue weighted by molar-refractivity contribution is 0.0332. The highest BCUT2D eigenvalue weighted by atomic mass is 16.5. The minimum absolute atomic E-state index is 0.0715. The number of ether oxygens (including phenoxy) is 2. The summed E-state index contributed by atoms with van der Waals surface area (Å²) in [4.78, 5) is 15.2. The van der Waals surface area contributed by atoms with Crippen LogP contribution in [0.3, 0.4) is 0 Å². The van der Waals surface area contributed by atoms with Gasteiger partial charge in [0.15, 0.2) is 0 Å². The van der Waals surface area contributed by atoms with Crippen molar-refractivity contribution >= 4 is 5.91 Å². The third-order valence-corrected chi connectivity index (χ3v) is 4.82. The van der Waals surface area contributed by atoms with E-state index in [2.05, 4.69) is 41.4 Å². The Morgan fingerprint density at radius 1 is 1.07 bits per heavy atom. The lowest BCUT2D eigenvalue weighted by atomic mass is 10.0. The second kappa shape index (κ2) is 9.71. The number of amides is 1. The molecule has 0 aromatic heterocycles. The summed E-state index contributed by atoms with van der Waals surface area (Å²) in [5.41, 5.74) is 2.96. The number of benzene rings is 2. The molecule has 1 fully saturated rings. The minimum Gasteiger partial charge on any atom is -0.491 e. The van der Waals surface area contributed by atoms with Crippen LogP contribution in [0.4, 0.5) is 0 Å². The summed E-state index contributed by atoms with van der Waals surface area (Å²) >= 11 is 0. The van der Waals surface area contributed by atoms with Gasteiger partial charge in [-0.15, -0.1) is 0 Å². The molecule has 1 atom stereocenters. The van der Waals surface area contributed by atoms with Crippen LogP contribution >= 0.6 is 0 Å². The highest BCUT2D eigenvalue weighted by Crippen LogP contribution is 2.19. The fraction of sp³-hybridized carbons (Fsp3) is 0.435. The van der Waals surface area contributed by atoms with Gasteiger partial charge < -0.3 is 14.8 Å². The lowest BCUT2D eigenvalue weighted by Gasteiger charge is -2.31. The van der Waals surface area contributed by atoms with Crippen LogP contribution in [0.25, 0.3) is 0 Å². The van der Waals surface area contributed by atoms with E-state index < -0.39 is 0 Å². The first-order valence-corrected chi connectivity index (χ1v) is 9.95. The van der Waals surface area contributed by atoms with Crippen molar-refractivity contribution in [3.05, 3.63) is 65.2 Å². The van der Waals surface area contributed by atoms with Crippen LogP contribution in [0, 0.1) is 6.92 Å². The zero-order valence-electron chi connectivity index (χ0n) is 17.0. The van der Waals surface area contributed by atoms with Gasteiger partial charge >= 0.3 is 0 Å². The predicted molar refractivity (Wildman–Crippen MR) is 111 cm³/mol. The van der Waals surface area contributed by atoms with Crippen molar-refractivity contribution in [3.8, 4) is 5.75 Å². The Morgan fingerprint density at radius 2 is 1.71 bits per heavy atom. The Bertz CT molecular complexity index is 750. The fourth-order valence-electron chi connectivity index (χ4n) is 3.27. The normalized spacial score (nSPS) is 16.0. The third kappa shape index (κ3) is 5.81. The van der Waals surface area contributed by atoms with Crippen molar-refractivity contribution in [2.24, 2.45) is 0 Å². The maximum atomic E-state index is 12.9. The van der Waals surface area contributed by atoms with E-state index in [1.807, 2.05) is 38.1 Å². The van der Waals surface area contributed by atoms with E-state index in [-0.39, 0.29) is 18.1 Å². The molecule has 28 heavy (non-hydrogen) atoms. The quantitative estimate of drug-likeness (QED) is 0.795. The Labute approximate surface area is 167 Å². The van der Waals surface area contributed by atoms with Gasteiger partial charge in [-0.1, -0.05) is 29.8 Å². The highest BCUT2D eigenvalue weighted by Gasteiger charge is 2.21. The zero-order chi connectivity index (χ0) is 19.9. The highest BCUT2D eigenvalue weighted by molar-refractivity contribution is 5.94. The first-order chi connectivity index (χ1) is 13.5. The molecule has 5 nitrogen and oxygen atoms in total. The van der Waals surface area contributed by atoms with E-state index >= 15 is 0 Å². The number of morpholine rings is 1. The Hall–Kier alpha value is -2.37. The number of nitrogens with one attached hydrogen (secondary N) is 1. The van der Waals surface area contributed by atoms with Crippen molar-refractivity contribution in [3.63, 3.8) is 0 Å². The maximum absolute atomic E-state index is 12.9. The number of hydrogen-bond acceptors (Lipinski definition) is 4. The van der Waals surface area contributed by atoms with E-state index in [9.17, 15) is 4.79 Å². The molecular formula is C23H30N2O3. The number of hydrogen-bond donors (Lipinski definition) is 1. The first kappa shape index (κ1) is 20.4. The summed E-state index contributed by atoms with van der Waals surface area (Å²) in [5, 5.41) is 3.21. The minimum atomic E-state index is -0.0741. The monoisotopic (exact) mass is 382 g/mol. The summed E-state index contributed by atoms with van der Waals surface area (Å²) in [6.07, 6.45) is 0.110. The predicted octanol–water partition coefficient (Wildman–Crippen LogP) is 3.59. The summed E-state index contributed by atoms with van der Waals surface area (Å²) < 4.78 is 11.1. The van der Waals surface area contributed by atoms with Gasteiger partial charge in [0.1, 0.15) is 5.75 Å². The van der Waals surface area contributed by atoms with Crippen molar-refractivity contribution in [1.82, 2.24) is 10.2 Å². The molecule has 150 valence electrons. The summed E-state index contributed by atoms with van der Waals surface area (Å²) in [6, 6.07) is 15.6. The van der Waals surface area contributed by atoms with E-state index in [1.54, 1.807) is 0 Å². The van der Waals surface area contributed by atoms with Gasteiger partial charge in [-0.05, 0) is 50.6 Å². The van der Waals surface area contributed by atoms with E-state index in [0.717, 1.165) is 44.2 Å². The topological polar surface area (TPSA) is 50.8 Å². The Balaban J connectivity index is 1.72. The van der Waals surface area contributed by atoms with E-state index in [0.29, 0.717) is 5.56 Å². The Kier molecular flexibility index (Phi) is 7.06. The van der Waals surface area contributed by atoms with Gasteiger partial charge in [0.25, 0.3) is 5.91 Å². The number of nitrogens with zero attached hydrogens (tertiary/aromatic N) is 1. The molecule has 1 aliphatic heterocycles. The molecule has 1 N–H and O–H groups in total. The van der Waals surface area contributed by atoms with Crippen molar-refractivity contribution in [1.29, 1.82) is 0 Å². The van der Waals surface area contributed by atoms with Gasteiger partial charge in [-0.3, -0.25) is 9.69 Å². The second-order valence-electron chi connectivity index (χ2n) is 7.54. The largest absolute Gasteiger partial charge is 0.491 e. The molecule has 0 spiro atoms. The van der Waals surface area contributed by atoms with Gasteiger partial charge in [-0.2, -0.15) is 0 Å². The molecule has 0 radical (unpaired) electrons. The van der Waals surface area contributed by atoms with E-state index in [4.69, 9.17) is 9.47 Å². The van der Waals surface area contributed by atoms with Crippen molar-refractivity contribution in [2.75, 3.05) is 32.8 Å². The summed E-state index contributed by atoms with van der Waals surface area (Å²) in [6.45, 7) is 10.1. The fourth-order valence-corrected chi connectivity index (χ4v) is 3.27. The van der Waals surface area contributed by atoms with Crippen molar-refractivity contribution in [2.45, 2.75) is 32.9 Å². The first-order valence-electron chi connectivity index (χ1n) is 9.95. The van der Waals surface area contributed by atoms with Crippen LogP contribution < -0.4 is 10.1 Å². The summed E-state index contributed by atoms with van der Waals surface area (Å²) in [5.74, 6) is 0.699. The molecule has 1 heterocycles. The zero-order valence-corrected chi connectivity index (χ0v) is 17.0. The smallest absolute Gasteiger partial charge is 0.251 e. The van der Waals surface area contributed by atoms with Gasteiger partial charge in [0.05, 0.1) is 25.4 Å². The van der Waals surface area contributed by atoms with E-state index in [1.165, 1.54) is 5.56 Å².